The second-order valence-electron chi connectivity index (χ2n) is 15.9. The quantitative estimate of drug-likeness (QED) is 0.0205. The molecule has 57 heavy (non-hydrogen) atoms. The van der Waals surface area contributed by atoms with Crippen molar-refractivity contribution < 1.29 is 49.0 Å². The molecule has 4 N–H and O–H groups in total. The number of hydrogen-bond acceptors (Lipinski definition) is 10. The molecule has 1 heterocycles. The molecule has 0 amide bonds. The highest BCUT2D eigenvalue weighted by atomic mass is 16.7. The number of hydrogen-bond donors (Lipinski definition) is 4. The number of aliphatic hydroxyl groups is 4. The molecular weight excluding hydrogens is 725 g/mol. The lowest BCUT2D eigenvalue weighted by molar-refractivity contribution is -0.305. The van der Waals surface area contributed by atoms with Crippen LogP contribution in [0.4, 0.5) is 0 Å². The Hall–Kier alpha value is -2.08. The first-order valence-electron chi connectivity index (χ1n) is 23.1. The Labute approximate surface area is 346 Å². The van der Waals surface area contributed by atoms with Crippen molar-refractivity contribution in [3.8, 4) is 0 Å². The molecule has 1 rings (SSSR count). The minimum Gasteiger partial charge on any atom is -0.462 e. The van der Waals surface area contributed by atoms with Gasteiger partial charge < -0.3 is 39.4 Å². The molecule has 0 aromatic carbocycles. The first kappa shape index (κ1) is 52.9. The maximum atomic E-state index is 12.8. The number of carbonyl (C=O) groups excluding carboxylic acids is 2. The van der Waals surface area contributed by atoms with E-state index >= 15 is 0 Å². The van der Waals surface area contributed by atoms with Gasteiger partial charge in [0.05, 0.1) is 13.2 Å². The topological polar surface area (TPSA) is 152 Å². The van der Waals surface area contributed by atoms with Gasteiger partial charge in [-0.25, -0.2) is 0 Å². The maximum Gasteiger partial charge on any atom is 0.306 e. The third kappa shape index (κ3) is 29.7. The average molecular weight is 809 g/mol. The van der Waals surface area contributed by atoms with E-state index in [2.05, 4.69) is 50.3 Å². The number of carbonyl (C=O) groups is 2. The number of aliphatic hydroxyl groups excluding tert-OH is 4. The van der Waals surface area contributed by atoms with Crippen molar-refractivity contribution >= 4 is 11.9 Å². The Bertz CT molecular complexity index is 1030. The van der Waals surface area contributed by atoms with Crippen LogP contribution >= 0.6 is 0 Å². The first-order chi connectivity index (χ1) is 27.8. The number of ether oxygens (including phenoxy) is 4. The van der Waals surface area contributed by atoms with Crippen LogP contribution in [0.3, 0.4) is 0 Å². The van der Waals surface area contributed by atoms with Crippen molar-refractivity contribution in [2.45, 2.75) is 230 Å². The fraction of sp³-hybridized carbons (Fsp3) is 0.830. The van der Waals surface area contributed by atoms with E-state index in [1.54, 1.807) is 0 Å². The van der Waals surface area contributed by atoms with Gasteiger partial charge in [-0.1, -0.05) is 153 Å². The van der Waals surface area contributed by atoms with Gasteiger partial charge in [0, 0.05) is 12.8 Å². The first-order valence-corrected chi connectivity index (χ1v) is 23.1. The van der Waals surface area contributed by atoms with Crippen molar-refractivity contribution in [3.05, 3.63) is 36.5 Å². The Morgan fingerprint density at radius 2 is 0.982 bits per heavy atom. The normalized spacial score (nSPS) is 20.6. The van der Waals surface area contributed by atoms with E-state index in [1.165, 1.54) is 89.9 Å². The zero-order valence-corrected chi connectivity index (χ0v) is 36.1. The zero-order valence-electron chi connectivity index (χ0n) is 36.1. The molecule has 0 aromatic rings. The van der Waals surface area contributed by atoms with E-state index in [9.17, 15) is 30.0 Å². The van der Waals surface area contributed by atoms with E-state index in [0.717, 1.165) is 70.6 Å². The highest BCUT2D eigenvalue weighted by molar-refractivity contribution is 5.70. The summed E-state index contributed by atoms with van der Waals surface area (Å²) in [6, 6.07) is 0. The highest BCUT2D eigenvalue weighted by Gasteiger charge is 2.44. The largest absolute Gasteiger partial charge is 0.462 e. The molecule has 1 fully saturated rings. The molecule has 0 saturated carbocycles. The lowest BCUT2D eigenvalue weighted by Gasteiger charge is -2.39. The van der Waals surface area contributed by atoms with Gasteiger partial charge in [-0.3, -0.25) is 9.59 Å². The minimum absolute atomic E-state index is 0.212. The van der Waals surface area contributed by atoms with Crippen LogP contribution in [0.15, 0.2) is 36.5 Å². The molecule has 0 bridgehead atoms. The summed E-state index contributed by atoms with van der Waals surface area (Å²) in [6.07, 6.45) is 35.7. The van der Waals surface area contributed by atoms with Gasteiger partial charge in [0.25, 0.3) is 0 Å². The predicted molar refractivity (Wildman–Crippen MR) is 229 cm³/mol. The molecule has 10 nitrogen and oxygen atoms in total. The Morgan fingerprint density at radius 1 is 0.544 bits per heavy atom. The van der Waals surface area contributed by atoms with Gasteiger partial charge in [-0.2, -0.15) is 0 Å². The van der Waals surface area contributed by atoms with Crippen molar-refractivity contribution in [2.75, 3.05) is 19.8 Å². The van der Waals surface area contributed by atoms with E-state index in [1.807, 2.05) is 0 Å². The second-order valence-corrected chi connectivity index (χ2v) is 15.9. The smallest absolute Gasteiger partial charge is 0.306 e. The van der Waals surface area contributed by atoms with Crippen molar-refractivity contribution in [1.82, 2.24) is 0 Å². The van der Waals surface area contributed by atoms with Gasteiger partial charge in [0.2, 0.25) is 0 Å². The number of rotatable bonds is 38. The lowest BCUT2D eigenvalue weighted by atomic mass is 9.99. The van der Waals surface area contributed by atoms with E-state index in [0.29, 0.717) is 6.42 Å². The van der Waals surface area contributed by atoms with Gasteiger partial charge in [0.15, 0.2) is 12.4 Å². The van der Waals surface area contributed by atoms with Crippen LogP contribution in [-0.2, 0) is 28.5 Å². The summed E-state index contributed by atoms with van der Waals surface area (Å²) >= 11 is 0. The average Bonchev–Trinajstić information content (AvgIpc) is 3.21. The van der Waals surface area contributed by atoms with Gasteiger partial charge >= 0.3 is 11.9 Å². The molecule has 0 aromatic heterocycles. The van der Waals surface area contributed by atoms with E-state index < -0.39 is 49.4 Å². The summed E-state index contributed by atoms with van der Waals surface area (Å²) in [5, 5.41) is 40.1. The van der Waals surface area contributed by atoms with Crippen molar-refractivity contribution in [1.29, 1.82) is 0 Å². The fourth-order valence-electron chi connectivity index (χ4n) is 6.82. The Morgan fingerprint density at radius 3 is 1.49 bits per heavy atom. The zero-order chi connectivity index (χ0) is 41.6. The maximum absolute atomic E-state index is 12.8. The van der Waals surface area contributed by atoms with Crippen LogP contribution in [-0.4, -0.2) is 89.0 Å². The third-order valence-corrected chi connectivity index (χ3v) is 10.5. The van der Waals surface area contributed by atoms with Crippen LogP contribution < -0.4 is 0 Å². The molecule has 0 radical (unpaired) electrons. The standard InChI is InChI=1S/C47H84O10/c1-3-5-7-9-11-13-15-17-19-20-22-23-25-27-29-31-33-35-42(49)54-38-40(39-55-47-46(53)45(52)44(51)41(37-48)57-47)56-43(50)36-34-32-30-28-26-24-21-18-16-14-12-10-8-6-4-2/h14,16-19,21,40-41,44-48,51-53H,3-13,15,20,22-39H2,1-2H3/b16-14+,19-17+,21-18+/t40-,41-,44+,45?,46?,47-/m0/s1. The number of allylic oxidation sites excluding steroid dienone is 6. The Kier molecular flexibility index (Phi) is 35.4. The van der Waals surface area contributed by atoms with E-state index in [4.69, 9.17) is 18.9 Å². The lowest BCUT2D eigenvalue weighted by Crippen LogP contribution is -2.59. The number of esters is 2. The summed E-state index contributed by atoms with van der Waals surface area (Å²) in [6.45, 7) is 3.38. The molecule has 10 heteroatoms. The van der Waals surface area contributed by atoms with Crippen LogP contribution in [0, 0.1) is 0 Å². The molecule has 1 aliphatic heterocycles. The van der Waals surface area contributed by atoms with Gasteiger partial charge in [-0.15, -0.1) is 0 Å². The molecule has 2 unspecified atom stereocenters. The van der Waals surface area contributed by atoms with E-state index in [-0.39, 0.29) is 32.0 Å². The summed E-state index contributed by atoms with van der Waals surface area (Å²) < 4.78 is 22.2. The minimum atomic E-state index is -1.60. The fourth-order valence-corrected chi connectivity index (χ4v) is 6.82. The van der Waals surface area contributed by atoms with Gasteiger partial charge in [-0.05, 0) is 64.2 Å². The molecule has 1 saturated heterocycles. The predicted octanol–water partition coefficient (Wildman–Crippen LogP) is 9.89. The molecule has 332 valence electrons. The highest BCUT2D eigenvalue weighted by Crippen LogP contribution is 2.22. The molecule has 1 aliphatic rings. The van der Waals surface area contributed by atoms with Crippen molar-refractivity contribution in [3.63, 3.8) is 0 Å². The van der Waals surface area contributed by atoms with Crippen LogP contribution in [0.1, 0.15) is 194 Å². The third-order valence-electron chi connectivity index (χ3n) is 10.5. The van der Waals surface area contributed by atoms with Crippen molar-refractivity contribution in [2.24, 2.45) is 0 Å². The van der Waals surface area contributed by atoms with Crippen LogP contribution in [0.25, 0.3) is 0 Å². The number of unbranched alkanes of at least 4 members (excludes halogenated alkanes) is 22. The molecular formula is C47H84O10. The summed E-state index contributed by atoms with van der Waals surface area (Å²) in [5.74, 6) is -0.827. The van der Waals surface area contributed by atoms with Gasteiger partial charge in [0.1, 0.15) is 31.0 Å². The second kappa shape index (κ2) is 38.1. The monoisotopic (exact) mass is 809 g/mol. The molecule has 6 atom stereocenters. The van der Waals surface area contributed by atoms with Crippen LogP contribution in [0.5, 0.6) is 0 Å². The SMILES string of the molecule is CCCCCC/C=C/C=C/CCCCCCCC(=O)O[C@@H](COC(=O)CCCCCCCCC/C=C/CCCCCCCC)CO[C@H]1O[C@@H](CO)[C@@H](O)C(O)C1O. The Balaban J connectivity index is 2.33. The van der Waals surface area contributed by atoms with Crippen LogP contribution in [0.2, 0.25) is 0 Å². The summed E-state index contributed by atoms with van der Waals surface area (Å²) in [5.41, 5.74) is 0. The summed E-state index contributed by atoms with van der Waals surface area (Å²) in [7, 11) is 0. The molecule has 0 aliphatic carbocycles. The summed E-state index contributed by atoms with van der Waals surface area (Å²) in [4.78, 5) is 25.3. The molecule has 0 spiro atoms.